The van der Waals surface area contributed by atoms with Gasteiger partial charge in [-0.2, -0.15) is 0 Å². The first kappa shape index (κ1) is 15.2. The van der Waals surface area contributed by atoms with E-state index in [9.17, 15) is 13.2 Å². The number of piperidine rings is 1. The van der Waals surface area contributed by atoms with Crippen LogP contribution in [0.4, 0.5) is 0 Å². The van der Waals surface area contributed by atoms with Gasteiger partial charge in [-0.3, -0.25) is 4.79 Å². The molecule has 0 radical (unpaired) electrons. The molecule has 3 aliphatic rings. The average Bonchev–Trinajstić information content (AvgIpc) is 3.28. The van der Waals surface area contributed by atoms with Crippen LogP contribution in [-0.4, -0.2) is 67.7 Å². The Morgan fingerprint density at radius 2 is 1.95 bits per heavy atom. The van der Waals surface area contributed by atoms with Crippen LogP contribution in [-0.2, 0) is 19.6 Å². The molecule has 21 heavy (non-hydrogen) atoms. The van der Waals surface area contributed by atoms with Gasteiger partial charge in [-0.1, -0.05) is 0 Å². The van der Waals surface area contributed by atoms with E-state index in [-0.39, 0.29) is 23.9 Å². The maximum atomic E-state index is 11.9. The van der Waals surface area contributed by atoms with Gasteiger partial charge in [0.2, 0.25) is 15.9 Å². The number of hydrogen-bond donors (Lipinski definition) is 0. The first-order valence-corrected chi connectivity index (χ1v) is 9.45. The van der Waals surface area contributed by atoms with Crippen molar-refractivity contribution in [3.8, 4) is 0 Å². The summed E-state index contributed by atoms with van der Waals surface area (Å²) in [6, 6.07) is 0. The van der Waals surface area contributed by atoms with Crippen LogP contribution in [0.2, 0.25) is 0 Å². The minimum atomic E-state index is -3.11. The van der Waals surface area contributed by atoms with E-state index < -0.39 is 10.0 Å². The van der Waals surface area contributed by atoms with E-state index in [4.69, 9.17) is 4.74 Å². The van der Waals surface area contributed by atoms with Crippen molar-refractivity contribution in [2.45, 2.75) is 38.2 Å². The molecule has 0 aromatic heterocycles. The van der Waals surface area contributed by atoms with Gasteiger partial charge in [0, 0.05) is 26.2 Å². The monoisotopic (exact) mass is 316 g/mol. The summed E-state index contributed by atoms with van der Waals surface area (Å²) >= 11 is 0. The third-order valence-corrected chi connectivity index (χ3v) is 6.78. The van der Waals surface area contributed by atoms with Gasteiger partial charge in [0.25, 0.3) is 0 Å². The minimum absolute atomic E-state index is 0.0798. The van der Waals surface area contributed by atoms with Gasteiger partial charge >= 0.3 is 0 Å². The van der Waals surface area contributed by atoms with E-state index in [0.29, 0.717) is 38.4 Å². The normalized spacial score (nSPS) is 27.3. The van der Waals surface area contributed by atoms with Crippen LogP contribution in [0.3, 0.4) is 0 Å². The number of amides is 1. The van der Waals surface area contributed by atoms with Crippen molar-refractivity contribution in [2.75, 3.05) is 38.5 Å². The number of sulfonamides is 1. The molecule has 1 saturated carbocycles. The number of carbonyl (C=O) groups excluding carboxylic acids is 1. The van der Waals surface area contributed by atoms with E-state index in [1.165, 1.54) is 12.8 Å². The van der Waals surface area contributed by atoms with Gasteiger partial charge in [-0.05, 0) is 38.5 Å². The summed E-state index contributed by atoms with van der Waals surface area (Å²) in [7, 11) is -3.11. The highest BCUT2D eigenvalue weighted by Gasteiger charge is 2.44. The Morgan fingerprint density at radius 3 is 2.52 bits per heavy atom. The molecule has 0 aromatic rings. The van der Waals surface area contributed by atoms with Gasteiger partial charge in [0.1, 0.15) is 6.61 Å². The van der Waals surface area contributed by atoms with Crippen LogP contribution < -0.4 is 0 Å². The maximum Gasteiger partial charge on any atom is 0.248 e. The fourth-order valence-electron chi connectivity index (χ4n) is 3.22. The summed E-state index contributed by atoms with van der Waals surface area (Å²) in [5, 5.41) is 0. The van der Waals surface area contributed by atoms with Crippen molar-refractivity contribution >= 4 is 15.9 Å². The maximum absolute atomic E-state index is 11.9. The van der Waals surface area contributed by atoms with Gasteiger partial charge in [0.05, 0.1) is 11.4 Å². The molecule has 2 aliphatic heterocycles. The molecule has 0 aromatic carbocycles. The lowest BCUT2D eigenvalue weighted by Crippen LogP contribution is -2.59. The first-order chi connectivity index (χ1) is 9.94. The Balaban J connectivity index is 1.62. The van der Waals surface area contributed by atoms with Gasteiger partial charge < -0.3 is 9.64 Å². The molecule has 1 spiro atoms. The number of ether oxygens (including phenoxy) is 1. The number of nitrogens with zero attached hydrogens (tertiary/aromatic N) is 2. The van der Waals surface area contributed by atoms with Crippen molar-refractivity contribution in [1.82, 2.24) is 9.21 Å². The largest absolute Gasteiger partial charge is 0.363 e. The molecular weight excluding hydrogens is 292 g/mol. The topological polar surface area (TPSA) is 66.9 Å². The van der Waals surface area contributed by atoms with Crippen molar-refractivity contribution in [2.24, 2.45) is 5.92 Å². The molecule has 0 unspecified atom stereocenters. The Kier molecular flexibility index (Phi) is 4.00. The number of morpholine rings is 1. The summed E-state index contributed by atoms with van der Waals surface area (Å²) in [4.78, 5) is 13.9. The molecule has 0 atom stereocenters. The molecule has 7 heteroatoms. The number of rotatable bonds is 4. The highest BCUT2D eigenvalue weighted by Crippen LogP contribution is 2.35. The molecule has 2 heterocycles. The quantitative estimate of drug-likeness (QED) is 0.755. The average molecular weight is 316 g/mol. The molecule has 2 saturated heterocycles. The summed E-state index contributed by atoms with van der Waals surface area (Å²) in [5.41, 5.74) is -0.331. The Bertz CT molecular complexity index is 507. The van der Waals surface area contributed by atoms with Crippen LogP contribution in [0.5, 0.6) is 0 Å². The lowest BCUT2D eigenvalue weighted by atomic mass is 9.90. The van der Waals surface area contributed by atoms with Crippen LogP contribution in [0.1, 0.15) is 32.6 Å². The third-order valence-electron chi connectivity index (χ3n) is 4.90. The molecule has 3 fully saturated rings. The predicted molar refractivity (Wildman–Crippen MR) is 78.3 cm³/mol. The molecular formula is C14H24N2O4S. The van der Waals surface area contributed by atoms with Crippen LogP contribution >= 0.6 is 0 Å². The van der Waals surface area contributed by atoms with E-state index in [1.54, 1.807) is 11.2 Å². The molecule has 1 aliphatic carbocycles. The summed E-state index contributed by atoms with van der Waals surface area (Å²) in [6.07, 6.45) is 3.81. The fraction of sp³-hybridized carbons (Fsp3) is 0.929. The Hall–Kier alpha value is -0.660. The second-order valence-electron chi connectivity index (χ2n) is 6.49. The zero-order chi connectivity index (χ0) is 15.1. The van der Waals surface area contributed by atoms with Crippen molar-refractivity contribution in [3.05, 3.63) is 0 Å². The molecule has 1 amide bonds. The lowest BCUT2D eigenvalue weighted by Gasteiger charge is -2.46. The predicted octanol–water partition coefficient (Wildman–Crippen LogP) is 0.440. The van der Waals surface area contributed by atoms with E-state index in [1.807, 2.05) is 4.90 Å². The standard InChI is InChI=1S/C14H24N2O4S/c1-2-21(18,19)16-7-5-14(6-8-16)11-15(9-12-3-4-12)13(17)10-20-14/h12H,2-11H2,1H3. The van der Waals surface area contributed by atoms with Crippen molar-refractivity contribution in [3.63, 3.8) is 0 Å². The van der Waals surface area contributed by atoms with Gasteiger partial charge in [-0.25, -0.2) is 12.7 Å². The second-order valence-corrected chi connectivity index (χ2v) is 8.75. The summed E-state index contributed by atoms with van der Waals surface area (Å²) in [5.74, 6) is 0.897. The summed E-state index contributed by atoms with van der Waals surface area (Å²) in [6.45, 7) is 4.30. The zero-order valence-corrected chi connectivity index (χ0v) is 13.4. The number of hydrogen-bond acceptors (Lipinski definition) is 4. The SMILES string of the molecule is CCS(=O)(=O)N1CCC2(CC1)CN(CC1CC1)C(=O)CO2. The highest BCUT2D eigenvalue weighted by molar-refractivity contribution is 7.89. The Morgan fingerprint density at radius 1 is 1.29 bits per heavy atom. The van der Waals surface area contributed by atoms with E-state index in [2.05, 4.69) is 0 Å². The molecule has 120 valence electrons. The first-order valence-electron chi connectivity index (χ1n) is 7.84. The van der Waals surface area contributed by atoms with E-state index in [0.717, 1.165) is 6.54 Å². The highest BCUT2D eigenvalue weighted by atomic mass is 32.2. The van der Waals surface area contributed by atoms with E-state index >= 15 is 0 Å². The number of carbonyl (C=O) groups is 1. The van der Waals surface area contributed by atoms with Crippen molar-refractivity contribution in [1.29, 1.82) is 0 Å². The van der Waals surface area contributed by atoms with Crippen LogP contribution in [0.25, 0.3) is 0 Å². The fourth-order valence-corrected chi connectivity index (χ4v) is 4.33. The van der Waals surface area contributed by atoms with Crippen molar-refractivity contribution < 1.29 is 17.9 Å². The van der Waals surface area contributed by atoms with Crippen LogP contribution in [0.15, 0.2) is 0 Å². The molecule has 0 N–H and O–H groups in total. The molecule has 6 nitrogen and oxygen atoms in total. The minimum Gasteiger partial charge on any atom is -0.363 e. The Labute approximate surface area is 126 Å². The second kappa shape index (κ2) is 5.52. The smallest absolute Gasteiger partial charge is 0.248 e. The molecule has 3 rings (SSSR count). The van der Waals surface area contributed by atoms with Gasteiger partial charge in [-0.15, -0.1) is 0 Å². The lowest BCUT2D eigenvalue weighted by molar-refractivity contribution is -0.170. The third kappa shape index (κ3) is 3.24. The zero-order valence-electron chi connectivity index (χ0n) is 12.6. The van der Waals surface area contributed by atoms with Gasteiger partial charge in [0.15, 0.2) is 0 Å². The molecule has 0 bridgehead atoms. The summed E-state index contributed by atoms with van der Waals surface area (Å²) < 4.78 is 31.2. The van der Waals surface area contributed by atoms with Crippen LogP contribution in [0, 0.1) is 5.92 Å².